The van der Waals surface area contributed by atoms with E-state index in [-0.39, 0.29) is 5.97 Å². The lowest BCUT2D eigenvalue weighted by atomic mass is 10.1. The van der Waals surface area contributed by atoms with Crippen LogP contribution < -0.4 is 15.0 Å². The number of aromatic nitrogens is 1. The molecule has 2 aromatic carbocycles. The molecule has 0 atom stereocenters. The standard InChI is InChI=1S/C18H21NO.C8H10N2O2/c1-3-14-6-9-16(10-7-14)19(2)17-11-8-15-5-4-12-20-18(15)13-17;1-9-7-5-10-4-3-6(7)8(11)12-2/h6-11,13H,3-5,12H2,1-2H3;3-5,9H,1-2H3. The Bertz CT molecular complexity index is 1030. The Morgan fingerprint density at radius 2 is 1.91 bits per heavy atom. The molecule has 6 nitrogen and oxygen atoms in total. The summed E-state index contributed by atoms with van der Waals surface area (Å²) in [7, 11) is 5.18. The van der Waals surface area contributed by atoms with Gasteiger partial charge in [0.2, 0.25) is 0 Å². The average molecular weight is 434 g/mol. The van der Waals surface area contributed by atoms with Gasteiger partial charge in [0.05, 0.1) is 31.2 Å². The van der Waals surface area contributed by atoms with Crippen LogP contribution in [0.5, 0.6) is 5.75 Å². The van der Waals surface area contributed by atoms with Gasteiger partial charge in [-0.3, -0.25) is 4.98 Å². The van der Waals surface area contributed by atoms with Gasteiger partial charge in [-0.15, -0.1) is 0 Å². The van der Waals surface area contributed by atoms with Crippen molar-refractivity contribution < 1.29 is 14.3 Å². The number of esters is 1. The van der Waals surface area contributed by atoms with E-state index < -0.39 is 0 Å². The second-order valence-corrected chi connectivity index (χ2v) is 7.49. The number of aryl methyl sites for hydroxylation is 2. The predicted octanol–water partition coefficient (Wildman–Crippen LogP) is 5.25. The number of ether oxygens (including phenoxy) is 2. The first-order valence-electron chi connectivity index (χ1n) is 10.9. The SMILES string of the molecule is CCc1ccc(N(C)c2ccc3c(c2)OCCC3)cc1.CNc1cnccc1C(=O)OC. The number of nitrogens with one attached hydrogen (secondary N) is 1. The van der Waals surface area contributed by atoms with Gasteiger partial charge in [-0.2, -0.15) is 0 Å². The van der Waals surface area contributed by atoms with Crippen LogP contribution >= 0.6 is 0 Å². The highest BCUT2D eigenvalue weighted by atomic mass is 16.5. The van der Waals surface area contributed by atoms with Gasteiger partial charge >= 0.3 is 5.97 Å². The molecule has 1 aromatic heterocycles. The van der Waals surface area contributed by atoms with E-state index in [1.165, 1.54) is 29.6 Å². The number of nitrogens with zero attached hydrogens (tertiary/aromatic N) is 2. The highest BCUT2D eigenvalue weighted by Crippen LogP contribution is 2.32. The lowest BCUT2D eigenvalue weighted by Gasteiger charge is -2.23. The van der Waals surface area contributed by atoms with Crippen molar-refractivity contribution in [3.63, 3.8) is 0 Å². The molecular weight excluding hydrogens is 402 g/mol. The Kier molecular flexibility index (Phi) is 8.08. The fraction of sp³-hybridized carbons (Fsp3) is 0.308. The van der Waals surface area contributed by atoms with Crippen LogP contribution in [0.4, 0.5) is 17.1 Å². The number of rotatable bonds is 5. The van der Waals surface area contributed by atoms with Crippen LogP contribution in [-0.2, 0) is 17.6 Å². The van der Waals surface area contributed by atoms with E-state index in [1.807, 2.05) is 0 Å². The maximum Gasteiger partial charge on any atom is 0.340 e. The molecule has 0 saturated heterocycles. The summed E-state index contributed by atoms with van der Waals surface area (Å²) in [5, 5.41) is 2.85. The summed E-state index contributed by atoms with van der Waals surface area (Å²) in [6.07, 6.45) is 6.46. The van der Waals surface area contributed by atoms with E-state index in [9.17, 15) is 4.79 Å². The fourth-order valence-corrected chi connectivity index (χ4v) is 3.52. The number of hydrogen-bond donors (Lipinski definition) is 1. The first-order chi connectivity index (χ1) is 15.6. The van der Waals surface area contributed by atoms with E-state index in [1.54, 1.807) is 25.5 Å². The van der Waals surface area contributed by atoms with Crippen molar-refractivity contribution in [2.24, 2.45) is 0 Å². The van der Waals surface area contributed by atoms with Crippen molar-refractivity contribution >= 4 is 23.0 Å². The zero-order chi connectivity index (χ0) is 22.9. The second-order valence-electron chi connectivity index (χ2n) is 7.49. The third kappa shape index (κ3) is 5.58. The molecule has 32 heavy (non-hydrogen) atoms. The van der Waals surface area contributed by atoms with Gasteiger partial charge < -0.3 is 19.7 Å². The summed E-state index contributed by atoms with van der Waals surface area (Å²) in [6.45, 7) is 3.02. The number of carbonyl (C=O) groups excluding carboxylic acids is 1. The zero-order valence-corrected chi connectivity index (χ0v) is 19.2. The lowest BCUT2D eigenvalue weighted by Crippen LogP contribution is -2.12. The van der Waals surface area contributed by atoms with E-state index in [0.29, 0.717) is 11.3 Å². The molecule has 3 aromatic rings. The number of methoxy groups -OCH3 is 1. The minimum atomic E-state index is -0.359. The highest BCUT2D eigenvalue weighted by molar-refractivity contribution is 5.95. The monoisotopic (exact) mass is 433 g/mol. The highest BCUT2D eigenvalue weighted by Gasteiger charge is 2.13. The predicted molar refractivity (Wildman–Crippen MR) is 129 cm³/mol. The Hall–Kier alpha value is -3.54. The molecular formula is C26H31N3O3. The molecule has 1 N–H and O–H groups in total. The number of pyridine rings is 1. The van der Waals surface area contributed by atoms with Crippen molar-refractivity contribution in [1.29, 1.82) is 0 Å². The molecule has 0 spiro atoms. The summed E-state index contributed by atoms with van der Waals surface area (Å²) in [5.74, 6) is 0.688. The molecule has 168 valence electrons. The quantitative estimate of drug-likeness (QED) is 0.555. The molecule has 0 aliphatic carbocycles. The lowest BCUT2D eigenvalue weighted by molar-refractivity contribution is 0.0601. The first kappa shape index (κ1) is 23.1. The Morgan fingerprint density at radius 1 is 1.16 bits per heavy atom. The first-order valence-corrected chi connectivity index (χ1v) is 10.9. The maximum absolute atomic E-state index is 11.1. The van der Waals surface area contributed by atoms with Gasteiger partial charge in [0, 0.05) is 37.7 Å². The van der Waals surface area contributed by atoms with Gasteiger partial charge in [-0.1, -0.05) is 25.1 Å². The molecule has 4 rings (SSSR count). The van der Waals surface area contributed by atoms with Crippen LogP contribution in [0.2, 0.25) is 0 Å². The molecule has 6 heteroatoms. The summed E-state index contributed by atoms with van der Waals surface area (Å²) in [6, 6.07) is 16.9. The van der Waals surface area contributed by atoms with Gasteiger partial charge in [-0.25, -0.2) is 4.79 Å². The van der Waals surface area contributed by atoms with Gasteiger partial charge in [0.25, 0.3) is 0 Å². The van der Waals surface area contributed by atoms with Crippen molar-refractivity contribution in [2.45, 2.75) is 26.2 Å². The topological polar surface area (TPSA) is 63.7 Å². The normalized spacial score (nSPS) is 11.9. The summed E-state index contributed by atoms with van der Waals surface area (Å²) >= 11 is 0. The van der Waals surface area contributed by atoms with Crippen molar-refractivity contribution in [2.75, 3.05) is 38.0 Å². The minimum Gasteiger partial charge on any atom is -0.493 e. The van der Waals surface area contributed by atoms with Crippen LogP contribution in [0.25, 0.3) is 0 Å². The smallest absolute Gasteiger partial charge is 0.340 e. The summed E-state index contributed by atoms with van der Waals surface area (Å²) < 4.78 is 10.3. The van der Waals surface area contributed by atoms with E-state index in [2.05, 4.69) is 76.4 Å². The number of benzene rings is 2. The van der Waals surface area contributed by atoms with E-state index in [4.69, 9.17) is 4.74 Å². The van der Waals surface area contributed by atoms with Crippen molar-refractivity contribution in [3.05, 3.63) is 77.6 Å². The number of anilines is 3. The molecule has 0 unspecified atom stereocenters. The number of carbonyl (C=O) groups is 1. The number of hydrogen-bond acceptors (Lipinski definition) is 6. The zero-order valence-electron chi connectivity index (χ0n) is 19.2. The third-order valence-corrected chi connectivity index (χ3v) is 5.51. The van der Waals surface area contributed by atoms with Crippen LogP contribution in [0.3, 0.4) is 0 Å². The van der Waals surface area contributed by atoms with Gasteiger partial charge in [0.1, 0.15) is 5.75 Å². The van der Waals surface area contributed by atoms with Crippen LogP contribution in [0, 0.1) is 0 Å². The molecule has 1 aliphatic heterocycles. The largest absolute Gasteiger partial charge is 0.493 e. The van der Waals surface area contributed by atoms with Crippen molar-refractivity contribution in [3.8, 4) is 5.75 Å². The summed E-state index contributed by atoms with van der Waals surface area (Å²) in [4.78, 5) is 17.2. The van der Waals surface area contributed by atoms with E-state index in [0.717, 1.165) is 31.6 Å². The van der Waals surface area contributed by atoms with E-state index >= 15 is 0 Å². The minimum absolute atomic E-state index is 0.359. The molecule has 2 heterocycles. The van der Waals surface area contributed by atoms with Crippen LogP contribution in [0.15, 0.2) is 60.9 Å². The fourth-order valence-electron chi connectivity index (χ4n) is 3.52. The maximum atomic E-state index is 11.1. The summed E-state index contributed by atoms with van der Waals surface area (Å²) in [5.41, 5.74) is 6.25. The van der Waals surface area contributed by atoms with Gasteiger partial charge in [0.15, 0.2) is 0 Å². The average Bonchev–Trinajstić information content (AvgIpc) is 2.87. The molecule has 0 bridgehead atoms. The molecule has 0 saturated carbocycles. The Morgan fingerprint density at radius 3 is 2.59 bits per heavy atom. The molecule has 0 radical (unpaired) electrons. The molecule has 0 fully saturated rings. The third-order valence-electron chi connectivity index (χ3n) is 5.51. The van der Waals surface area contributed by atoms with Gasteiger partial charge in [-0.05, 0) is 54.7 Å². The second kappa shape index (κ2) is 11.2. The van der Waals surface area contributed by atoms with Crippen molar-refractivity contribution in [1.82, 2.24) is 4.98 Å². The number of fused-ring (bicyclic) bond motifs is 1. The molecule has 1 aliphatic rings. The Balaban J connectivity index is 0.000000207. The van der Waals surface area contributed by atoms with Crippen LogP contribution in [0.1, 0.15) is 34.8 Å². The van der Waals surface area contributed by atoms with Crippen LogP contribution in [-0.4, -0.2) is 38.8 Å². The Labute approximate surface area is 190 Å². The molecule has 0 amide bonds.